The molecule has 3 atom stereocenters. The minimum absolute atomic E-state index is 0.261. The second-order valence-electron chi connectivity index (χ2n) is 6.45. The van der Waals surface area contributed by atoms with Gasteiger partial charge in [-0.2, -0.15) is 5.26 Å². The monoisotopic (exact) mass is 249 g/mol. The molecule has 0 aromatic heterocycles. The first-order valence-corrected chi connectivity index (χ1v) is 7.51. The molecule has 3 unspecified atom stereocenters. The van der Waals surface area contributed by atoms with Gasteiger partial charge in [-0.05, 0) is 52.0 Å². The van der Waals surface area contributed by atoms with Gasteiger partial charge in [0.25, 0.3) is 0 Å². The minimum Gasteiger partial charge on any atom is -0.300 e. The number of rotatable bonds is 4. The fourth-order valence-electron chi connectivity index (χ4n) is 3.68. The molecule has 3 heteroatoms. The molecular formula is C15H27N3. The first-order chi connectivity index (χ1) is 8.58. The van der Waals surface area contributed by atoms with Crippen molar-refractivity contribution in [2.45, 2.75) is 70.5 Å². The van der Waals surface area contributed by atoms with Gasteiger partial charge in [-0.15, -0.1) is 0 Å². The van der Waals surface area contributed by atoms with Gasteiger partial charge >= 0.3 is 0 Å². The van der Waals surface area contributed by atoms with E-state index >= 15 is 0 Å². The van der Waals surface area contributed by atoms with Gasteiger partial charge < -0.3 is 0 Å². The Morgan fingerprint density at radius 1 is 1.44 bits per heavy atom. The molecule has 2 aliphatic rings. The molecule has 0 amide bonds. The molecule has 0 aromatic rings. The summed E-state index contributed by atoms with van der Waals surface area (Å²) in [7, 11) is 0. The van der Waals surface area contributed by atoms with Crippen LogP contribution in [0.25, 0.3) is 0 Å². The number of nitrogens with zero attached hydrogens (tertiary/aromatic N) is 2. The Hall–Kier alpha value is -0.590. The molecule has 2 rings (SSSR count). The molecule has 1 N–H and O–H groups in total. The maximum absolute atomic E-state index is 9.49. The van der Waals surface area contributed by atoms with Crippen molar-refractivity contribution in [1.29, 1.82) is 5.26 Å². The molecule has 0 spiro atoms. The summed E-state index contributed by atoms with van der Waals surface area (Å²) < 4.78 is 0. The predicted octanol–water partition coefficient (Wildman–Crippen LogP) is 2.53. The standard InChI is InChI=1S/C15H27N3/c1-4-13-6-8-18(10-13)14-5-7-15(9-14,11-16)17-12(2)3/h12-14,17H,4-10H2,1-3H3. The van der Waals surface area contributed by atoms with Crippen molar-refractivity contribution >= 4 is 0 Å². The van der Waals surface area contributed by atoms with Crippen LogP contribution in [0, 0.1) is 17.2 Å². The summed E-state index contributed by atoms with van der Waals surface area (Å²) in [5.74, 6) is 0.889. The van der Waals surface area contributed by atoms with Crippen molar-refractivity contribution in [3.05, 3.63) is 0 Å². The molecule has 3 nitrogen and oxygen atoms in total. The fraction of sp³-hybridized carbons (Fsp3) is 0.933. The van der Waals surface area contributed by atoms with E-state index in [4.69, 9.17) is 0 Å². The molecule has 2 fully saturated rings. The Balaban J connectivity index is 1.93. The lowest BCUT2D eigenvalue weighted by molar-refractivity contribution is 0.226. The van der Waals surface area contributed by atoms with Crippen molar-refractivity contribution in [3.63, 3.8) is 0 Å². The van der Waals surface area contributed by atoms with Gasteiger partial charge in [0.05, 0.1) is 6.07 Å². The van der Waals surface area contributed by atoms with Crippen LogP contribution >= 0.6 is 0 Å². The van der Waals surface area contributed by atoms with Crippen LogP contribution in [-0.4, -0.2) is 35.6 Å². The summed E-state index contributed by atoms with van der Waals surface area (Å²) in [6, 6.07) is 3.58. The lowest BCUT2D eigenvalue weighted by Gasteiger charge is -2.28. The molecule has 1 saturated carbocycles. The summed E-state index contributed by atoms with van der Waals surface area (Å²) in [5.41, 5.74) is -0.261. The number of hydrogen-bond acceptors (Lipinski definition) is 3. The molecule has 1 aliphatic heterocycles. The summed E-state index contributed by atoms with van der Waals surface area (Å²) >= 11 is 0. The van der Waals surface area contributed by atoms with Crippen LogP contribution in [0.2, 0.25) is 0 Å². The van der Waals surface area contributed by atoms with Crippen LogP contribution in [0.4, 0.5) is 0 Å². The molecule has 102 valence electrons. The number of hydrogen-bond donors (Lipinski definition) is 1. The Bertz CT molecular complexity index is 320. The highest BCUT2D eigenvalue weighted by atomic mass is 15.2. The van der Waals surface area contributed by atoms with Crippen molar-refractivity contribution in [2.75, 3.05) is 13.1 Å². The SMILES string of the molecule is CCC1CCN(C2CCC(C#N)(NC(C)C)C2)C1. The Kier molecular flexibility index (Phi) is 4.29. The van der Waals surface area contributed by atoms with E-state index < -0.39 is 0 Å². The van der Waals surface area contributed by atoms with Crippen LogP contribution < -0.4 is 5.32 Å². The van der Waals surface area contributed by atoms with E-state index in [0.29, 0.717) is 12.1 Å². The fourth-order valence-corrected chi connectivity index (χ4v) is 3.68. The minimum atomic E-state index is -0.261. The van der Waals surface area contributed by atoms with Crippen LogP contribution in [0.5, 0.6) is 0 Å². The molecule has 0 aromatic carbocycles. The average molecular weight is 249 g/mol. The molecule has 1 aliphatic carbocycles. The number of nitriles is 1. The zero-order valence-corrected chi connectivity index (χ0v) is 12.1. The number of nitrogens with one attached hydrogen (secondary N) is 1. The zero-order chi connectivity index (χ0) is 13.2. The maximum Gasteiger partial charge on any atom is 0.108 e. The van der Waals surface area contributed by atoms with Crippen LogP contribution in [0.3, 0.4) is 0 Å². The van der Waals surface area contributed by atoms with Gasteiger partial charge in [0, 0.05) is 18.6 Å². The van der Waals surface area contributed by atoms with Crippen LogP contribution in [0.15, 0.2) is 0 Å². The molecule has 1 saturated heterocycles. The van der Waals surface area contributed by atoms with Gasteiger partial charge in [-0.25, -0.2) is 0 Å². The second-order valence-corrected chi connectivity index (χ2v) is 6.45. The summed E-state index contributed by atoms with van der Waals surface area (Å²) in [5, 5.41) is 13.0. The number of likely N-dealkylation sites (tertiary alicyclic amines) is 1. The van der Waals surface area contributed by atoms with Crippen LogP contribution in [-0.2, 0) is 0 Å². The van der Waals surface area contributed by atoms with E-state index in [2.05, 4.69) is 37.1 Å². The Morgan fingerprint density at radius 3 is 2.78 bits per heavy atom. The van der Waals surface area contributed by atoms with E-state index in [1.165, 1.54) is 32.4 Å². The van der Waals surface area contributed by atoms with Crippen LogP contribution in [0.1, 0.15) is 52.9 Å². The summed E-state index contributed by atoms with van der Waals surface area (Å²) in [6.07, 6.45) is 5.86. The molecule has 1 heterocycles. The van der Waals surface area contributed by atoms with E-state index in [0.717, 1.165) is 18.8 Å². The van der Waals surface area contributed by atoms with Gasteiger partial charge in [0.15, 0.2) is 0 Å². The molecule has 18 heavy (non-hydrogen) atoms. The van der Waals surface area contributed by atoms with Gasteiger partial charge in [0.2, 0.25) is 0 Å². The highest BCUT2D eigenvalue weighted by Crippen LogP contribution is 2.35. The second kappa shape index (κ2) is 5.59. The van der Waals surface area contributed by atoms with E-state index in [9.17, 15) is 5.26 Å². The first-order valence-electron chi connectivity index (χ1n) is 7.51. The summed E-state index contributed by atoms with van der Waals surface area (Å²) in [6.45, 7) is 9.06. The molecule has 0 bridgehead atoms. The third-order valence-electron chi connectivity index (χ3n) is 4.68. The normalized spacial score (nSPS) is 37.3. The lowest BCUT2D eigenvalue weighted by atomic mass is 9.98. The van der Waals surface area contributed by atoms with Crippen molar-refractivity contribution < 1.29 is 0 Å². The third kappa shape index (κ3) is 2.87. The van der Waals surface area contributed by atoms with Crippen molar-refractivity contribution in [1.82, 2.24) is 10.2 Å². The van der Waals surface area contributed by atoms with Gasteiger partial charge in [-0.3, -0.25) is 10.2 Å². The lowest BCUT2D eigenvalue weighted by Crippen LogP contribution is -2.47. The highest BCUT2D eigenvalue weighted by Gasteiger charge is 2.42. The average Bonchev–Trinajstić information content (AvgIpc) is 2.94. The van der Waals surface area contributed by atoms with E-state index in [-0.39, 0.29) is 5.54 Å². The van der Waals surface area contributed by atoms with Crippen molar-refractivity contribution in [3.8, 4) is 6.07 Å². The van der Waals surface area contributed by atoms with E-state index in [1.807, 2.05) is 0 Å². The quantitative estimate of drug-likeness (QED) is 0.832. The largest absolute Gasteiger partial charge is 0.300 e. The summed E-state index contributed by atoms with van der Waals surface area (Å²) in [4.78, 5) is 2.63. The van der Waals surface area contributed by atoms with Gasteiger partial charge in [0.1, 0.15) is 5.54 Å². The maximum atomic E-state index is 9.49. The first kappa shape index (κ1) is 13.8. The zero-order valence-electron chi connectivity index (χ0n) is 12.1. The predicted molar refractivity (Wildman–Crippen MR) is 74.2 cm³/mol. The Morgan fingerprint density at radius 2 is 2.22 bits per heavy atom. The third-order valence-corrected chi connectivity index (χ3v) is 4.68. The van der Waals surface area contributed by atoms with Gasteiger partial charge in [-0.1, -0.05) is 13.3 Å². The van der Waals surface area contributed by atoms with E-state index in [1.54, 1.807) is 0 Å². The molecule has 0 radical (unpaired) electrons. The Labute approximate surface area is 112 Å². The highest BCUT2D eigenvalue weighted by molar-refractivity contribution is 5.14. The smallest absolute Gasteiger partial charge is 0.108 e. The van der Waals surface area contributed by atoms with Crippen molar-refractivity contribution in [2.24, 2.45) is 5.92 Å². The molecular weight excluding hydrogens is 222 g/mol. The topological polar surface area (TPSA) is 39.1 Å².